The molecule has 0 aromatic carbocycles. The molecule has 0 atom stereocenters. The van der Waals surface area contributed by atoms with Crippen molar-refractivity contribution in [1.29, 1.82) is 0 Å². The summed E-state index contributed by atoms with van der Waals surface area (Å²) in [5.74, 6) is -1.11. The number of rotatable bonds is 5. The SMILES string of the molecule is CN(C)C(=O)NCCNC(=O)NCC(=O)O. The summed E-state index contributed by atoms with van der Waals surface area (Å²) in [7, 11) is 3.20. The van der Waals surface area contributed by atoms with Crippen LogP contribution in [0.5, 0.6) is 0 Å². The maximum atomic E-state index is 11.0. The Balaban J connectivity index is 3.48. The predicted octanol–water partition coefficient (Wildman–Crippen LogP) is -1.36. The van der Waals surface area contributed by atoms with Crippen molar-refractivity contribution in [1.82, 2.24) is 20.9 Å². The van der Waals surface area contributed by atoms with Gasteiger partial charge in [0.15, 0.2) is 0 Å². The second-order valence-corrected chi connectivity index (χ2v) is 3.13. The molecule has 4 N–H and O–H groups in total. The second kappa shape index (κ2) is 7.32. The Kier molecular flexibility index (Phi) is 6.41. The Morgan fingerprint density at radius 1 is 1.06 bits per heavy atom. The standard InChI is InChI=1S/C8H16N4O4/c1-12(2)8(16)10-4-3-9-7(15)11-5-6(13)14/h3-5H2,1-2H3,(H,10,16)(H,13,14)(H2,9,11,15). The number of nitrogens with zero attached hydrogens (tertiary/aromatic N) is 1. The zero-order valence-corrected chi connectivity index (χ0v) is 9.24. The van der Waals surface area contributed by atoms with Crippen molar-refractivity contribution in [3.05, 3.63) is 0 Å². The van der Waals surface area contributed by atoms with Crippen molar-refractivity contribution in [2.45, 2.75) is 0 Å². The minimum atomic E-state index is -1.11. The number of nitrogens with one attached hydrogen (secondary N) is 3. The molecule has 16 heavy (non-hydrogen) atoms. The fourth-order valence-corrected chi connectivity index (χ4v) is 0.722. The topological polar surface area (TPSA) is 111 Å². The molecule has 0 unspecified atom stereocenters. The van der Waals surface area contributed by atoms with Crippen molar-refractivity contribution >= 4 is 18.0 Å². The van der Waals surface area contributed by atoms with Crippen LogP contribution in [0.1, 0.15) is 0 Å². The van der Waals surface area contributed by atoms with E-state index >= 15 is 0 Å². The quantitative estimate of drug-likeness (QED) is 0.439. The molecule has 0 aromatic rings. The molecule has 0 rings (SSSR count). The van der Waals surface area contributed by atoms with E-state index in [0.29, 0.717) is 0 Å². The molecule has 0 aliphatic heterocycles. The third-order valence-corrected chi connectivity index (χ3v) is 1.49. The molecular weight excluding hydrogens is 216 g/mol. The highest BCUT2D eigenvalue weighted by Gasteiger charge is 2.03. The molecule has 0 aromatic heterocycles. The molecule has 0 aliphatic rings. The summed E-state index contributed by atoms with van der Waals surface area (Å²) >= 11 is 0. The summed E-state index contributed by atoms with van der Waals surface area (Å²) in [6.45, 7) is 0.0679. The number of hydrogen-bond donors (Lipinski definition) is 4. The number of carboxylic acid groups (broad SMARTS) is 1. The molecule has 0 fully saturated rings. The van der Waals surface area contributed by atoms with Crippen LogP contribution in [-0.4, -0.2) is 61.8 Å². The largest absolute Gasteiger partial charge is 0.480 e. The Hall–Kier alpha value is -1.99. The van der Waals surface area contributed by atoms with Gasteiger partial charge in [-0.1, -0.05) is 0 Å². The first kappa shape index (κ1) is 14.0. The van der Waals surface area contributed by atoms with Crippen LogP contribution in [0.15, 0.2) is 0 Å². The third kappa shape index (κ3) is 7.42. The van der Waals surface area contributed by atoms with E-state index < -0.39 is 18.5 Å². The predicted molar refractivity (Wildman–Crippen MR) is 56.1 cm³/mol. The normalized spacial score (nSPS) is 9.12. The van der Waals surface area contributed by atoms with Crippen LogP contribution in [0.25, 0.3) is 0 Å². The summed E-state index contributed by atoms with van der Waals surface area (Å²) in [4.78, 5) is 33.4. The molecule has 0 saturated heterocycles. The van der Waals surface area contributed by atoms with E-state index in [2.05, 4.69) is 16.0 Å². The van der Waals surface area contributed by atoms with Crippen LogP contribution in [0.3, 0.4) is 0 Å². The Labute approximate surface area is 93.0 Å². The molecule has 92 valence electrons. The van der Waals surface area contributed by atoms with Gasteiger partial charge in [0.05, 0.1) is 0 Å². The van der Waals surface area contributed by atoms with Crippen molar-refractivity contribution < 1.29 is 19.5 Å². The molecule has 0 bridgehead atoms. The average Bonchev–Trinajstić information content (AvgIpc) is 2.20. The fourth-order valence-electron chi connectivity index (χ4n) is 0.722. The lowest BCUT2D eigenvalue weighted by Gasteiger charge is -2.12. The van der Waals surface area contributed by atoms with E-state index in [-0.39, 0.29) is 19.1 Å². The van der Waals surface area contributed by atoms with E-state index in [0.717, 1.165) is 0 Å². The van der Waals surface area contributed by atoms with Gasteiger partial charge in [-0.2, -0.15) is 0 Å². The van der Waals surface area contributed by atoms with Gasteiger partial charge in [0, 0.05) is 27.2 Å². The first-order valence-electron chi connectivity index (χ1n) is 4.62. The Morgan fingerprint density at radius 2 is 1.62 bits per heavy atom. The minimum Gasteiger partial charge on any atom is -0.480 e. The van der Waals surface area contributed by atoms with Crippen molar-refractivity contribution in [2.24, 2.45) is 0 Å². The molecule has 0 heterocycles. The van der Waals surface area contributed by atoms with Gasteiger partial charge in [0.1, 0.15) is 6.54 Å². The first-order chi connectivity index (χ1) is 7.43. The summed E-state index contributed by atoms with van der Waals surface area (Å²) in [6.07, 6.45) is 0. The van der Waals surface area contributed by atoms with Gasteiger partial charge < -0.3 is 26.0 Å². The van der Waals surface area contributed by atoms with E-state index in [1.807, 2.05) is 0 Å². The van der Waals surface area contributed by atoms with Crippen LogP contribution < -0.4 is 16.0 Å². The van der Waals surface area contributed by atoms with Gasteiger partial charge >= 0.3 is 18.0 Å². The lowest BCUT2D eigenvalue weighted by molar-refractivity contribution is -0.135. The van der Waals surface area contributed by atoms with Gasteiger partial charge in [-0.15, -0.1) is 0 Å². The molecule has 0 aliphatic carbocycles. The lowest BCUT2D eigenvalue weighted by atomic mass is 10.6. The molecule has 4 amide bonds. The highest BCUT2D eigenvalue weighted by molar-refractivity contribution is 5.79. The van der Waals surface area contributed by atoms with E-state index in [9.17, 15) is 14.4 Å². The zero-order chi connectivity index (χ0) is 12.6. The molecule has 0 radical (unpaired) electrons. The van der Waals surface area contributed by atoms with Gasteiger partial charge in [-0.3, -0.25) is 4.79 Å². The first-order valence-corrected chi connectivity index (χ1v) is 4.62. The zero-order valence-electron chi connectivity index (χ0n) is 9.24. The molecule has 0 spiro atoms. The Bertz CT molecular complexity index is 267. The molecule has 8 nitrogen and oxygen atoms in total. The highest BCUT2D eigenvalue weighted by atomic mass is 16.4. The third-order valence-electron chi connectivity index (χ3n) is 1.49. The van der Waals surface area contributed by atoms with Crippen LogP contribution in [0, 0.1) is 0 Å². The minimum absolute atomic E-state index is 0.227. The van der Waals surface area contributed by atoms with E-state index in [1.165, 1.54) is 4.90 Å². The highest BCUT2D eigenvalue weighted by Crippen LogP contribution is 1.74. The summed E-state index contributed by atoms with van der Waals surface area (Å²) in [6, 6.07) is -0.839. The van der Waals surface area contributed by atoms with Crippen LogP contribution in [-0.2, 0) is 4.79 Å². The summed E-state index contributed by atoms with van der Waals surface area (Å²) in [5, 5.41) is 15.3. The van der Waals surface area contributed by atoms with Gasteiger partial charge in [-0.05, 0) is 0 Å². The van der Waals surface area contributed by atoms with Crippen LogP contribution in [0.2, 0.25) is 0 Å². The maximum absolute atomic E-state index is 11.0. The number of carbonyl (C=O) groups excluding carboxylic acids is 2. The molecular formula is C8H16N4O4. The number of carbonyl (C=O) groups is 3. The monoisotopic (exact) mass is 232 g/mol. The van der Waals surface area contributed by atoms with Gasteiger partial charge in [0.2, 0.25) is 0 Å². The van der Waals surface area contributed by atoms with Gasteiger partial charge in [0.25, 0.3) is 0 Å². The molecule has 0 saturated carbocycles. The van der Waals surface area contributed by atoms with Crippen LogP contribution in [0.4, 0.5) is 9.59 Å². The fraction of sp³-hybridized carbons (Fsp3) is 0.625. The number of aliphatic carboxylic acids is 1. The number of urea groups is 2. The summed E-state index contributed by atoms with van der Waals surface area (Å²) < 4.78 is 0. The Morgan fingerprint density at radius 3 is 2.12 bits per heavy atom. The summed E-state index contributed by atoms with van der Waals surface area (Å²) in [5.41, 5.74) is 0. The van der Waals surface area contributed by atoms with Crippen molar-refractivity contribution in [2.75, 3.05) is 33.7 Å². The van der Waals surface area contributed by atoms with Crippen molar-refractivity contribution in [3.8, 4) is 0 Å². The lowest BCUT2D eigenvalue weighted by Crippen LogP contribution is -2.43. The number of amides is 4. The smallest absolute Gasteiger partial charge is 0.323 e. The van der Waals surface area contributed by atoms with E-state index in [1.54, 1.807) is 14.1 Å². The second-order valence-electron chi connectivity index (χ2n) is 3.13. The number of hydrogen-bond acceptors (Lipinski definition) is 3. The number of carboxylic acids is 1. The average molecular weight is 232 g/mol. The molecule has 8 heteroatoms. The maximum Gasteiger partial charge on any atom is 0.323 e. The van der Waals surface area contributed by atoms with E-state index in [4.69, 9.17) is 5.11 Å². The van der Waals surface area contributed by atoms with Gasteiger partial charge in [-0.25, -0.2) is 9.59 Å². The van der Waals surface area contributed by atoms with Crippen LogP contribution >= 0.6 is 0 Å². The van der Waals surface area contributed by atoms with Crippen molar-refractivity contribution in [3.63, 3.8) is 0 Å².